The van der Waals surface area contributed by atoms with Crippen LogP contribution in [0.5, 0.6) is 0 Å². The van der Waals surface area contributed by atoms with Gasteiger partial charge in [-0.2, -0.15) is 0 Å². The fraction of sp³-hybridized carbons (Fsp3) is 0.125. The minimum atomic E-state index is -0.382. The van der Waals surface area contributed by atoms with Crippen molar-refractivity contribution in [3.63, 3.8) is 0 Å². The van der Waals surface area contributed by atoms with Gasteiger partial charge in [0.25, 0.3) is 0 Å². The molecule has 0 atom stereocenters. The Balaban J connectivity index is 1.67. The lowest BCUT2D eigenvalue weighted by Crippen LogP contribution is -2.28. The Labute approximate surface area is 140 Å². The molecule has 7 nitrogen and oxygen atoms in total. The molecule has 1 N–H and O–H groups in total. The minimum Gasteiger partial charge on any atom is -0.324 e. The summed E-state index contributed by atoms with van der Waals surface area (Å²) in [5.41, 5.74) is 2.60. The Kier molecular flexibility index (Phi) is 3.39. The smallest absolute Gasteiger partial charge is 0.324 e. The number of rotatable bonds is 3. The quantitative estimate of drug-likeness (QED) is 0.619. The number of carbonyl (C=O) groups is 1. The predicted octanol–water partition coefficient (Wildman–Crippen LogP) is 2.05. The first-order valence-corrected chi connectivity index (χ1v) is 8.18. The maximum Gasteiger partial charge on any atom is 0.352 e. The Morgan fingerprint density at radius 1 is 1.29 bits per heavy atom. The second-order valence-corrected chi connectivity index (χ2v) is 6.29. The lowest BCUT2D eigenvalue weighted by atomic mass is 10.2. The summed E-state index contributed by atoms with van der Waals surface area (Å²) < 4.78 is 3.34. The van der Waals surface area contributed by atoms with Crippen molar-refractivity contribution in [1.29, 1.82) is 0 Å². The summed E-state index contributed by atoms with van der Waals surface area (Å²) in [7, 11) is 0. The molecular weight excluding hydrogens is 326 g/mol. The third kappa shape index (κ3) is 2.37. The lowest BCUT2D eigenvalue weighted by Gasteiger charge is -2.07. The summed E-state index contributed by atoms with van der Waals surface area (Å²) >= 11 is 1.46. The molecule has 0 aliphatic rings. The highest BCUT2D eigenvalue weighted by Gasteiger charge is 2.14. The number of aromatic nitrogens is 4. The van der Waals surface area contributed by atoms with Crippen LogP contribution in [0.3, 0.4) is 0 Å². The van der Waals surface area contributed by atoms with Gasteiger partial charge in [0.2, 0.25) is 5.91 Å². The van der Waals surface area contributed by atoms with Gasteiger partial charge >= 0.3 is 5.69 Å². The Morgan fingerprint density at radius 2 is 2.12 bits per heavy atom. The van der Waals surface area contributed by atoms with Gasteiger partial charge < -0.3 is 5.32 Å². The number of amides is 1. The molecule has 0 saturated carbocycles. The summed E-state index contributed by atoms with van der Waals surface area (Å²) in [6.45, 7) is 1.76. The van der Waals surface area contributed by atoms with E-state index in [1.165, 1.54) is 22.1 Å². The van der Waals surface area contributed by atoms with Crippen LogP contribution in [-0.2, 0) is 11.3 Å². The van der Waals surface area contributed by atoms with E-state index in [9.17, 15) is 9.59 Å². The Hall–Kier alpha value is -3.00. The van der Waals surface area contributed by atoms with Gasteiger partial charge in [-0.1, -0.05) is 18.2 Å². The van der Waals surface area contributed by atoms with Gasteiger partial charge in [0.1, 0.15) is 12.9 Å². The van der Waals surface area contributed by atoms with E-state index in [1.807, 2.05) is 42.6 Å². The highest BCUT2D eigenvalue weighted by molar-refractivity contribution is 7.17. The molecule has 3 heterocycles. The molecular formula is C16H13N5O2S. The number of hydrogen-bond acceptors (Lipinski definition) is 5. The van der Waals surface area contributed by atoms with E-state index in [0.717, 1.165) is 26.1 Å². The van der Waals surface area contributed by atoms with Crippen molar-refractivity contribution in [3.8, 4) is 0 Å². The van der Waals surface area contributed by atoms with Crippen LogP contribution in [-0.4, -0.2) is 25.1 Å². The molecule has 24 heavy (non-hydrogen) atoms. The van der Waals surface area contributed by atoms with Crippen molar-refractivity contribution in [2.45, 2.75) is 13.5 Å². The number of benzene rings is 1. The van der Waals surface area contributed by atoms with Crippen LogP contribution >= 0.6 is 11.3 Å². The van der Waals surface area contributed by atoms with E-state index in [4.69, 9.17) is 0 Å². The topological polar surface area (TPSA) is 81.3 Å². The number of anilines is 1. The molecule has 3 aromatic heterocycles. The highest BCUT2D eigenvalue weighted by Crippen LogP contribution is 2.21. The first-order valence-electron chi connectivity index (χ1n) is 7.30. The summed E-state index contributed by atoms with van der Waals surface area (Å²) in [5.74, 6) is -0.301. The van der Waals surface area contributed by atoms with Crippen LogP contribution in [0.1, 0.15) is 5.56 Å². The highest BCUT2D eigenvalue weighted by atomic mass is 32.1. The van der Waals surface area contributed by atoms with Crippen LogP contribution in [0.15, 0.2) is 46.8 Å². The second kappa shape index (κ2) is 5.57. The molecule has 4 aromatic rings. The third-order valence-corrected chi connectivity index (χ3v) is 4.64. The number of carbonyl (C=O) groups excluding carboxylic acids is 1. The van der Waals surface area contributed by atoms with Crippen LogP contribution in [0.25, 0.3) is 15.9 Å². The van der Waals surface area contributed by atoms with E-state index >= 15 is 0 Å². The van der Waals surface area contributed by atoms with Gasteiger partial charge in [-0.3, -0.25) is 4.79 Å². The summed E-state index contributed by atoms with van der Waals surface area (Å²) in [5, 5.41) is 8.99. The van der Waals surface area contributed by atoms with Crippen LogP contribution in [0.2, 0.25) is 0 Å². The van der Waals surface area contributed by atoms with Gasteiger partial charge in [-0.15, -0.1) is 16.4 Å². The van der Waals surface area contributed by atoms with Gasteiger partial charge in [-0.25, -0.2) is 18.9 Å². The molecule has 0 radical (unpaired) electrons. The number of aryl methyl sites for hydroxylation is 1. The first kappa shape index (κ1) is 14.6. The maximum absolute atomic E-state index is 12.4. The lowest BCUT2D eigenvalue weighted by molar-refractivity contribution is -0.117. The largest absolute Gasteiger partial charge is 0.352 e. The summed E-state index contributed by atoms with van der Waals surface area (Å²) in [6.07, 6.45) is 1.44. The Bertz CT molecular complexity index is 1120. The number of hydrogen-bond donors (Lipinski definition) is 1. The van der Waals surface area contributed by atoms with Crippen molar-refractivity contribution < 1.29 is 4.79 Å². The monoisotopic (exact) mass is 339 g/mol. The van der Waals surface area contributed by atoms with Crippen LogP contribution in [0.4, 0.5) is 5.69 Å². The number of para-hydroxylation sites is 1. The van der Waals surface area contributed by atoms with Crippen LogP contribution < -0.4 is 11.0 Å². The van der Waals surface area contributed by atoms with E-state index in [1.54, 1.807) is 0 Å². The molecule has 120 valence electrons. The van der Waals surface area contributed by atoms with Crippen molar-refractivity contribution in [2.75, 3.05) is 5.32 Å². The number of fused-ring (bicyclic) bond motifs is 3. The first-order chi connectivity index (χ1) is 11.6. The molecule has 4 rings (SSSR count). The van der Waals surface area contributed by atoms with Crippen molar-refractivity contribution in [1.82, 2.24) is 19.2 Å². The molecule has 0 unspecified atom stereocenters. The SMILES string of the molecule is Cc1ccccc1NC(=O)Cn1nc2c3sccc3ncn2c1=O. The van der Waals surface area contributed by atoms with Gasteiger partial charge in [0.05, 0.1) is 10.2 Å². The van der Waals surface area contributed by atoms with Gasteiger partial charge in [-0.05, 0) is 30.0 Å². The summed E-state index contributed by atoms with van der Waals surface area (Å²) in [4.78, 5) is 28.9. The number of nitrogens with zero attached hydrogens (tertiary/aromatic N) is 4. The van der Waals surface area contributed by atoms with E-state index < -0.39 is 0 Å². The third-order valence-electron chi connectivity index (χ3n) is 3.74. The summed E-state index contributed by atoms with van der Waals surface area (Å²) in [6, 6.07) is 9.34. The standard InChI is InChI=1S/C16H13N5O2S/c1-10-4-2-3-5-11(10)18-13(22)8-21-16(23)20-9-17-12-6-7-24-14(12)15(20)19-21/h2-7,9H,8H2,1H3,(H,18,22). The van der Waals surface area contributed by atoms with Gasteiger partial charge in [0.15, 0.2) is 5.65 Å². The van der Waals surface area contributed by atoms with Crippen molar-refractivity contribution >= 4 is 38.8 Å². The average Bonchev–Trinajstić information content (AvgIpc) is 3.15. The molecule has 0 aliphatic heterocycles. The zero-order chi connectivity index (χ0) is 16.7. The zero-order valence-corrected chi connectivity index (χ0v) is 13.6. The normalized spacial score (nSPS) is 11.2. The fourth-order valence-electron chi connectivity index (χ4n) is 2.51. The molecule has 0 saturated heterocycles. The van der Waals surface area contributed by atoms with E-state index in [0.29, 0.717) is 5.65 Å². The maximum atomic E-state index is 12.4. The molecule has 1 amide bonds. The molecule has 0 bridgehead atoms. The Morgan fingerprint density at radius 3 is 2.96 bits per heavy atom. The minimum absolute atomic E-state index is 0.151. The zero-order valence-electron chi connectivity index (χ0n) is 12.8. The molecule has 1 aromatic carbocycles. The van der Waals surface area contributed by atoms with Crippen molar-refractivity contribution in [2.24, 2.45) is 0 Å². The molecule has 0 fully saturated rings. The van der Waals surface area contributed by atoms with E-state index in [2.05, 4.69) is 15.4 Å². The number of thiophene rings is 1. The van der Waals surface area contributed by atoms with Crippen molar-refractivity contribution in [3.05, 3.63) is 58.1 Å². The molecule has 0 aliphatic carbocycles. The predicted molar refractivity (Wildman–Crippen MR) is 92.4 cm³/mol. The average molecular weight is 339 g/mol. The van der Waals surface area contributed by atoms with Gasteiger partial charge in [0, 0.05) is 5.69 Å². The second-order valence-electron chi connectivity index (χ2n) is 5.38. The number of nitrogens with one attached hydrogen (secondary N) is 1. The molecule has 0 spiro atoms. The molecule has 8 heteroatoms. The van der Waals surface area contributed by atoms with Crippen LogP contribution in [0, 0.1) is 6.92 Å². The van der Waals surface area contributed by atoms with E-state index in [-0.39, 0.29) is 18.1 Å². The fourth-order valence-corrected chi connectivity index (χ4v) is 3.33.